The van der Waals surface area contributed by atoms with Crippen LogP contribution in [0, 0.1) is 0 Å². The van der Waals surface area contributed by atoms with Gasteiger partial charge in [-0.3, -0.25) is 0 Å². The minimum absolute atomic E-state index is 0.487. The van der Waals surface area contributed by atoms with Crippen molar-refractivity contribution in [1.29, 1.82) is 0 Å². The van der Waals surface area contributed by atoms with E-state index >= 15 is 0 Å². The molecule has 0 bridgehead atoms. The number of hydrogen-bond donors (Lipinski definition) is 0. The van der Waals surface area contributed by atoms with Gasteiger partial charge in [0.2, 0.25) is 0 Å². The molecule has 0 aliphatic heterocycles. The average molecular weight is 512 g/mol. The van der Waals surface area contributed by atoms with Gasteiger partial charge >= 0.3 is 136 Å². The molecule has 0 saturated heterocycles. The van der Waals surface area contributed by atoms with Crippen LogP contribution < -0.4 is 0 Å². The van der Waals surface area contributed by atoms with Gasteiger partial charge in [0, 0.05) is 0 Å². The van der Waals surface area contributed by atoms with Gasteiger partial charge < -0.3 is 0 Å². The van der Waals surface area contributed by atoms with E-state index in [1.165, 1.54) is 0 Å². The van der Waals surface area contributed by atoms with Gasteiger partial charge in [0.15, 0.2) is 0 Å². The number of carbonyl (C=O) groups excluding carboxylic acids is 6. The summed E-state index contributed by atoms with van der Waals surface area (Å²) in [4.78, 5) is 66.5. The van der Waals surface area contributed by atoms with E-state index in [1.807, 2.05) is 0 Å². The van der Waals surface area contributed by atoms with Crippen molar-refractivity contribution in [2.75, 3.05) is 0 Å². The topological polar surface area (TPSA) is 130 Å². The molecule has 0 heterocycles. The van der Waals surface area contributed by atoms with E-state index in [4.69, 9.17) is 8.44 Å². The van der Waals surface area contributed by atoms with Gasteiger partial charge in [-0.1, -0.05) is 0 Å². The Kier molecular flexibility index (Phi) is 9.32. The van der Waals surface area contributed by atoms with Crippen LogP contribution in [0.4, 0.5) is 0 Å². The first kappa shape index (κ1) is 20.3. The SMILES string of the molecule is CC(=O)CC(=O)[O][Bi]([O]C(=O)CC(C)=O)[O]C(=O)CC(C)=O. The standard InChI is InChI=1S/3C4H6O3.Bi/c3*1-3(5)2-4(6)7;/h3*2H2,1H3,(H,6,7);/q;;;+3/p-3. The van der Waals surface area contributed by atoms with Crippen LogP contribution in [0.2, 0.25) is 0 Å². The van der Waals surface area contributed by atoms with Crippen molar-refractivity contribution in [2.45, 2.75) is 40.0 Å². The van der Waals surface area contributed by atoms with Crippen molar-refractivity contribution in [3.05, 3.63) is 0 Å². The van der Waals surface area contributed by atoms with Crippen molar-refractivity contribution in [2.24, 2.45) is 0 Å². The number of ketones is 3. The van der Waals surface area contributed by atoms with Gasteiger partial charge in [0.1, 0.15) is 0 Å². The van der Waals surface area contributed by atoms with Crippen LogP contribution in [0.5, 0.6) is 0 Å². The van der Waals surface area contributed by atoms with Gasteiger partial charge in [0.05, 0.1) is 0 Å². The molecule has 9 nitrogen and oxygen atoms in total. The van der Waals surface area contributed by atoms with Crippen LogP contribution in [0.3, 0.4) is 0 Å². The molecule has 0 radical (unpaired) electrons. The average Bonchev–Trinajstić information content (AvgIpc) is 2.23. The maximum atomic E-state index is 11.4. The van der Waals surface area contributed by atoms with Gasteiger partial charge in [-0.15, -0.1) is 0 Å². The maximum absolute atomic E-state index is 11.4. The summed E-state index contributed by atoms with van der Waals surface area (Å²) in [5.41, 5.74) is 0. The van der Waals surface area contributed by atoms with Crippen LogP contribution in [0.25, 0.3) is 0 Å². The molecule has 22 heavy (non-hydrogen) atoms. The van der Waals surface area contributed by atoms with E-state index in [0.717, 1.165) is 20.8 Å². The van der Waals surface area contributed by atoms with Crippen LogP contribution >= 0.6 is 0 Å². The molecule has 0 fully saturated rings. The molecule has 0 aromatic heterocycles. The molecule has 0 spiro atoms. The fourth-order valence-electron chi connectivity index (χ4n) is 1.01. The van der Waals surface area contributed by atoms with E-state index in [1.54, 1.807) is 0 Å². The number of Topliss-reactive ketones (excluding diaryl/α,β-unsaturated/α-hetero) is 3. The summed E-state index contributed by atoms with van der Waals surface area (Å²) < 4.78 is 14.1. The molecule has 0 aliphatic rings. The quantitative estimate of drug-likeness (QED) is 0.298. The summed E-state index contributed by atoms with van der Waals surface area (Å²) in [5.74, 6) is -4.47. The molecule has 0 rings (SSSR count). The predicted octanol–water partition coefficient (Wildman–Crippen LogP) is -0.462. The molecule has 0 atom stereocenters. The van der Waals surface area contributed by atoms with Crippen molar-refractivity contribution in [3.63, 3.8) is 0 Å². The monoisotopic (exact) mass is 512 g/mol. The molecule has 0 aromatic carbocycles. The van der Waals surface area contributed by atoms with Gasteiger partial charge in [-0.25, -0.2) is 0 Å². The molecule has 0 unspecified atom stereocenters. The minimum atomic E-state index is -4.30. The van der Waals surface area contributed by atoms with Crippen LogP contribution in [0.1, 0.15) is 40.0 Å². The molecule has 0 aliphatic carbocycles. The summed E-state index contributed by atoms with van der Waals surface area (Å²) in [5, 5.41) is 0. The second-order valence-corrected chi connectivity index (χ2v) is 8.12. The van der Waals surface area contributed by atoms with Crippen molar-refractivity contribution >= 4 is 58.3 Å². The Hall–Kier alpha value is -1.70. The van der Waals surface area contributed by atoms with Crippen molar-refractivity contribution in [3.8, 4) is 0 Å². The Morgan fingerprint density at radius 3 is 1.00 bits per heavy atom. The van der Waals surface area contributed by atoms with E-state index in [0.29, 0.717) is 0 Å². The molecule has 122 valence electrons. The van der Waals surface area contributed by atoms with E-state index < -0.39 is 77.6 Å². The second kappa shape index (κ2) is 10.1. The first-order valence-corrected chi connectivity index (χ1v) is 10.3. The third kappa shape index (κ3) is 11.0. The normalized spacial score (nSPS) is 9.82. The summed E-state index contributed by atoms with van der Waals surface area (Å²) in [6.45, 7) is 3.44. The fraction of sp³-hybridized carbons (Fsp3) is 0.500. The Morgan fingerprint density at radius 2 is 0.818 bits per heavy atom. The van der Waals surface area contributed by atoms with Crippen LogP contribution in [-0.4, -0.2) is 58.3 Å². The first-order valence-electron chi connectivity index (χ1n) is 6.01. The summed E-state index contributed by atoms with van der Waals surface area (Å²) in [6.07, 6.45) is -1.71. The second-order valence-electron chi connectivity index (χ2n) is 4.25. The predicted molar refractivity (Wildman–Crippen MR) is 69.9 cm³/mol. The molecule has 0 amide bonds. The molecular weight excluding hydrogens is 497 g/mol. The van der Waals surface area contributed by atoms with Crippen LogP contribution in [0.15, 0.2) is 0 Å². The zero-order valence-corrected chi connectivity index (χ0v) is 15.7. The summed E-state index contributed by atoms with van der Waals surface area (Å²) in [6, 6.07) is 0. The third-order valence-corrected chi connectivity index (χ3v) is 5.82. The third-order valence-electron chi connectivity index (χ3n) is 1.71. The Labute approximate surface area is 135 Å². The zero-order valence-electron chi connectivity index (χ0n) is 12.2. The molecule has 0 saturated carbocycles. The van der Waals surface area contributed by atoms with Crippen molar-refractivity contribution < 1.29 is 37.2 Å². The number of carbonyl (C=O) groups is 6. The molecular formula is C12H15BiO9. The Bertz CT molecular complexity index is 426. The Balaban J connectivity index is 4.74. The molecule has 0 N–H and O–H groups in total. The fourth-order valence-corrected chi connectivity index (χ4v) is 4.14. The van der Waals surface area contributed by atoms with Crippen LogP contribution in [-0.2, 0) is 37.2 Å². The summed E-state index contributed by atoms with van der Waals surface area (Å²) >= 11 is -4.30. The Morgan fingerprint density at radius 1 is 0.591 bits per heavy atom. The number of rotatable bonds is 9. The molecule has 10 heteroatoms. The van der Waals surface area contributed by atoms with E-state index in [-0.39, 0.29) is 0 Å². The van der Waals surface area contributed by atoms with Gasteiger partial charge in [-0.05, 0) is 0 Å². The van der Waals surface area contributed by atoms with Gasteiger partial charge in [-0.2, -0.15) is 0 Å². The van der Waals surface area contributed by atoms with E-state index in [9.17, 15) is 28.8 Å². The number of hydrogen-bond acceptors (Lipinski definition) is 9. The van der Waals surface area contributed by atoms with E-state index in [2.05, 4.69) is 0 Å². The van der Waals surface area contributed by atoms with Crippen molar-refractivity contribution in [1.82, 2.24) is 0 Å². The molecule has 0 aromatic rings. The summed E-state index contributed by atoms with van der Waals surface area (Å²) in [7, 11) is 0. The first-order chi connectivity index (χ1) is 10.1. The van der Waals surface area contributed by atoms with Gasteiger partial charge in [0.25, 0.3) is 0 Å². The zero-order chi connectivity index (χ0) is 17.3.